The lowest BCUT2D eigenvalue weighted by atomic mass is 9.96. The number of nitrogens with one attached hydrogen (secondary N) is 1. The summed E-state index contributed by atoms with van der Waals surface area (Å²) in [5.41, 5.74) is 3.22. The predicted octanol–water partition coefficient (Wildman–Crippen LogP) is 4.13. The van der Waals surface area contributed by atoms with E-state index in [2.05, 4.69) is 85.6 Å². The molecular weight excluding hydrogens is 464 g/mol. The molecule has 34 heavy (non-hydrogen) atoms. The van der Waals surface area contributed by atoms with Gasteiger partial charge in [-0.15, -0.1) is 10.2 Å². The first-order valence-electron chi connectivity index (χ1n) is 11.3. The number of aromatic amines is 1. The SMILES string of the molecule is Cc1nnc(SCc2cc(=O)[nH]c(N3CCN(C(c4ccccc4)c4ccccc4)CC3)n2)s1. The molecule has 1 fully saturated rings. The van der Waals surface area contributed by atoms with Crippen LogP contribution in [0.25, 0.3) is 0 Å². The Labute approximate surface area is 206 Å². The molecular formula is C25H26N6OS2. The normalized spacial score (nSPS) is 14.6. The van der Waals surface area contributed by atoms with E-state index >= 15 is 0 Å². The fourth-order valence-electron chi connectivity index (χ4n) is 4.27. The molecule has 2 aromatic carbocycles. The summed E-state index contributed by atoms with van der Waals surface area (Å²) in [6.45, 7) is 5.28. The fourth-order valence-corrected chi connectivity index (χ4v) is 5.97. The molecule has 174 valence electrons. The summed E-state index contributed by atoms with van der Waals surface area (Å²) in [5.74, 6) is 1.24. The number of H-pyrrole nitrogens is 1. The van der Waals surface area contributed by atoms with Crippen molar-refractivity contribution in [3.63, 3.8) is 0 Å². The maximum absolute atomic E-state index is 12.3. The van der Waals surface area contributed by atoms with Gasteiger partial charge in [-0.3, -0.25) is 14.7 Å². The van der Waals surface area contributed by atoms with Crippen molar-refractivity contribution in [2.75, 3.05) is 31.1 Å². The summed E-state index contributed by atoms with van der Waals surface area (Å²) < 4.78 is 0.891. The highest BCUT2D eigenvalue weighted by Gasteiger charge is 2.27. The van der Waals surface area contributed by atoms with Crippen molar-refractivity contribution in [3.05, 3.63) is 98.9 Å². The fraction of sp³-hybridized carbons (Fsp3) is 0.280. The first kappa shape index (κ1) is 22.8. The zero-order chi connectivity index (χ0) is 23.3. The van der Waals surface area contributed by atoms with Crippen molar-refractivity contribution in [3.8, 4) is 0 Å². The molecule has 0 radical (unpaired) electrons. The van der Waals surface area contributed by atoms with Crippen molar-refractivity contribution in [1.29, 1.82) is 0 Å². The number of aromatic nitrogens is 4. The number of rotatable bonds is 7. The van der Waals surface area contributed by atoms with E-state index in [-0.39, 0.29) is 11.6 Å². The van der Waals surface area contributed by atoms with E-state index < -0.39 is 0 Å². The molecule has 0 aliphatic carbocycles. The Morgan fingerprint density at radius 1 is 0.971 bits per heavy atom. The standard InChI is InChI=1S/C25H26N6OS2/c1-18-28-29-25(34-18)33-17-21-16-22(32)27-24(26-21)31-14-12-30(13-15-31)23(19-8-4-2-5-9-19)20-10-6-3-7-11-20/h2-11,16,23H,12-15,17H2,1H3,(H,26,27,32). The third-order valence-corrected chi connectivity index (χ3v) is 7.85. The average Bonchev–Trinajstić information content (AvgIpc) is 3.29. The first-order valence-corrected chi connectivity index (χ1v) is 13.1. The van der Waals surface area contributed by atoms with E-state index in [1.165, 1.54) is 11.1 Å². The number of hydrogen-bond acceptors (Lipinski definition) is 8. The molecule has 5 rings (SSSR count). The zero-order valence-electron chi connectivity index (χ0n) is 18.9. The Hall–Kier alpha value is -3.01. The van der Waals surface area contributed by atoms with Crippen molar-refractivity contribution in [2.45, 2.75) is 23.1 Å². The van der Waals surface area contributed by atoms with Gasteiger partial charge in [-0.05, 0) is 18.1 Å². The molecule has 0 spiro atoms. The summed E-state index contributed by atoms with van der Waals surface area (Å²) in [5, 5.41) is 9.13. The molecule has 7 nitrogen and oxygen atoms in total. The number of hydrogen-bond donors (Lipinski definition) is 1. The minimum absolute atomic E-state index is 0.122. The predicted molar refractivity (Wildman–Crippen MR) is 138 cm³/mol. The van der Waals surface area contributed by atoms with Gasteiger partial charge < -0.3 is 4.90 Å². The van der Waals surface area contributed by atoms with Crippen molar-refractivity contribution in [2.24, 2.45) is 0 Å². The van der Waals surface area contributed by atoms with Gasteiger partial charge in [0.25, 0.3) is 5.56 Å². The van der Waals surface area contributed by atoms with Crippen molar-refractivity contribution >= 4 is 29.0 Å². The van der Waals surface area contributed by atoms with Crippen LogP contribution in [-0.2, 0) is 5.75 Å². The van der Waals surface area contributed by atoms with Crippen LogP contribution in [0.1, 0.15) is 27.9 Å². The number of anilines is 1. The molecule has 1 aliphatic heterocycles. The lowest BCUT2D eigenvalue weighted by Crippen LogP contribution is -2.48. The quantitative estimate of drug-likeness (QED) is 0.390. The van der Waals surface area contributed by atoms with Crippen LogP contribution in [0.2, 0.25) is 0 Å². The number of benzene rings is 2. The van der Waals surface area contributed by atoms with Gasteiger partial charge in [0.1, 0.15) is 5.01 Å². The summed E-state index contributed by atoms with van der Waals surface area (Å²) in [6, 6.07) is 23.1. The minimum atomic E-state index is -0.122. The molecule has 2 aromatic heterocycles. The molecule has 4 aromatic rings. The van der Waals surface area contributed by atoms with E-state index in [1.807, 2.05) is 6.92 Å². The summed E-state index contributed by atoms with van der Waals surface area (Å²) in [7, 11) is 0. The van der Waals surface area contributed by atoms with Gasteiger partial charge in [-0.1, -0.05) is 83.8 Å². The molecule has 1 N–H and O–H groups in total. The summed E-state index contributed by atoms with van der Waals surface area (Å²) >= 11 is 3.11. The number of nitrogens with zero attached hydrogens (tertiary/aromatic N) is 5. The monoisotopic (exact) mass is 490 g/mol. The van der Waals surface area contributed by atoms with Gasteiger partial charge in [0, 0.05) is 38.0 Å². The molecule has 0 saturated carbocycles. The van der Waals surface area contributed by atoms with Crippen molar-refractivity contribution in [1.82, 2.24) is 25.1 Å². The van der Waals surface area contributed by atoms with E-state index in [0.29, 0.717) is 11.7 Å². The lowest BCUT2D eigenvalue weighted by Gasteiger charge is -2.40. The molecule has 0 bridgehead atoms. The highest BCUT2D eigenvalue weighted by Crippen LogP contribution is 2.30. The number of piperazine rings is 1. The van der Waals surface area contributed by atoms with Crippen molar-refractivity contribution < 1.29 is 0 Å². The average molecular weight is 491 g/mol. The van der Waals surface area contributed by atoms with Gasteiger partial charge in [-0.25, -0.2) is 4.98 Å². The Bertz CT molecular complexity index is 1230. The molecule has 1 saturated heterocycles. The van der Waals surface area contributed by atoms with Gasteiger partial charge in [0.05, 0.1) is 11.7 Å². The minimum Gasteiger partial charge on any atom is -0.340 e. The molecule has 1 aliphatic rings. The van der Waals surface area contributed by atoms with Gasteiger partial charge in [0.15, 0.2) is 4.34 Å². The van der Waals surface area contributed by atoms with Crippen LogP contribution >= 0.6 is 23.1 Å². The second-order valence-electron chi connectivity index (χ2n) is 8.18. The maximum Gasteiger partial charge on any atom is 0.252 e. The van der Waals surface area contributed by atoms with E-state index in [1.54, 1.807) is 29.2 Å². The first-order chi connectivity index (χ1) is 16.7. The summed E-state index contributed by atoms with van der Waals surface area (Å²) in [4.78, 5) is 24.7. The van der Waals surface area contributed by atoms with Crippen LogP contribution in [0.5, 0.6) is 0 Å². The number of aryl methyl sites for hydroxylation is 1. The second-order valence-corrected chi connectivity index (χ2v) is 10.6. The van der Waals surface area contributed by atoms with Gasteiger partial charge in [0.2, 0.25) is 5.95 Å². The molecule has 3 heterocycles. The van der Waals surface area contributed by atoms with Gasteiger partial charge in [-0.2, -0.15) is 0 Å². The van der Waals surface area contributed by atoms with Crippen LogP contribution in [0.15, 0.2) is 75.9 Å². The Morgan fingerprint density at radius 3 is 2.21 bits per heavy atom. The second kappa shape index (κ2) is 10.5. The molecule has 0 amide bonds. The van der Waals surface area contributed by atoms with Crippen LogP contribution in [-0.4, -0.2) is 51.2 Å². The van der Waals surface area contributed by atoms with Crippen LogP contribution < -0.4 is 10.5 Å². The van der Waals surface area contributed by atoms with Gasteiger partial charge >= 0.3 is 0 Å². The third-order valence-electron chi connectivity index (χ3n) is 5.84. The zero-order valence-corrected chi connectivity index (χ0v) is 20.6. The maximum atomic E-state index is 12.3. The lowest BCUT2D eigenvalue weighted by molar-refractivity contribution is 0.211. The topological polar surface area (TPSA) is 78.0 Å². The van der Waals surface area contributed by atoms with E-state index in [9.17, 15) is 4.79 Å². The molecule has 0 unspecified atom stereocenters. The van der Waals surface area contributed by atoms with E-state index in [0.717, 1.165) is 41.2 Å². The van der Waals surface area contributed by atoms with Crippen LogP contribution in [0.4, 0.5) is 5.95 Å². The highest BCUT2D eigenvalue weighted by molar-refractivity contribution is 8.00. The Kier molecular flexibility index (Phi) is 7.03. The Morgan fingerprint density at radius 2 is 1.62 bits per heavy atom. The Balaban J connectivity index is 1.29. The summed E-state index contributed by atoms with van der Waals surface area (Å²) in [6.07, 6.45) is 0. The highest BCUT2D eigenvalue weighted by atomic mass is 32.2. The molecule has 9 heteroatoms. The molecule has 0 atom stereocenters. The van der Waals surface area contributed by atoms with Crippen LogP contribution in [0.3, 0.4) is 0 Å². The number of thioether (sulfide) groups is 1. The van der Waals surface area contributed by atoms with E-state index in [4.69, 9.17) is 4.98 Å². The van der Waals surface area contributed by atoms with Crippen LogP contribution in [0, 0.1) is 6.92 Å². The third kappa shape index (κ3) is 5.38. The largest absolute Gasteiger partial charge is 0.340 e. The smallest absolute Gasteiger partial charge is 0.252 e.